The maximum absolute atomic E-state index is 14.5. The second kappa shape index (κ2) is 9.13. The summed E-state index contributed by atoms with van der Waals surface area (Å²) in [5, 5.41) is 2.22. The lowest BCUT2D eigenvalue weighted by molar-refractivity contribution is -0.836. The Kier molecular flexibility index (Phi) is 6.02. The Bertz CT molecular complexity index is 2180. The van der Waals surface area contributed by atoms with Crippen LogP contribution in [0.5, 0.6) is 0 Å². The van der Waals surface area contributed by atoms with Gasteiger partial charge in [-0.2, -0.15) is 22.3 Å². The largest absolute Gasteiger partial charge is 0.553 e. The van der Waals surface area contributed by atoms with Gasteiger partial charge in [0.2, 0.25) is 22.8 Å². The Morgan fingerprint density at radius 3 is 1.71 bits per heavy atom. The zero-order valence-corrected chi connectivity index (χ0v) is 30.4. The predicted molar refractivity (Wildman–Crippen MR) is 187 cm³/mol. The lowest BCUT2D eigenvalue weighted by Gasteiger charge is -2.38. The maximum Gasteiger partial charge on any atom is 0.553 e. The molecule has 0 N–H and O–H groups in total. The molecule has 0 bridgehead atoms. The molecule has 1 unspecified atom stereocenters. The van der Waals surface area contributed by atoms with Crippen LogP contribution >= 0.6 is 0 Å². The molecule has 4 nitrogen and oxygen atoms in total. The average molecular weight is 655 g/mol. The van der Waals surface area contributed by atoms with Gasteiger partial charge in [-0.15, -0.1) is 0 Å². The maximum atomic E-state index is 14.5. The van der Waals surface area contributed by atoms with Crippen molar-refractivity contribution in [2.24, 2.45) is 21.7 Å². The van der Waals surface area contributed by atoms with Crippen LogP contribution in [0.1, 0.15) is 112 Å². The molecule has 0 radical (unpaired) electrons. The van der Waals surface area contributed by atoms with E-state index in [9.17, 15) is 13.2 Å². The van der Waals surface area contributed by atoms with Gasteiger partial charge in [0.05, 0.1) is 33.6 Å². The number of allylic oxidation sites excluding steroid dienone is 5. The molecule has 6 aliphatic heterocycles. The zero-order valence-electron chi connectivity index (χ0n) is 30.4. The van der Waals surface area contributed by atoms with Crippen LogP contribution in [0.15, 0.2) is 52.9 Å². The number of hydrogen-bond acceptors (Lipinski definition) is 0. The van der Waals surface area contributed by atoms with Gasteiger partial charge >= 0.3 is 12.1 Å². The summed E-state index contributed by atoms with van der Waals surface area (Å²) in [7, 11) is 0. The fourth-order valence-corrected chi connectivity index (χ4v) is 8.81. The van der Waals surface area contributed by atoms with Crippen LogP contribution in [0.2, 0.25) is 0 Å². The Morgan fingerprint density at radius 2 is 1.12 bits per heavy atom. The van der Waals surface area contributed by atoms with Crippen LogP contribution in [0.3, 0.4) is 0 Å². The number of nitrogens with zero attached hydrogens (tertiary/aromatic N) is 4. The second-order valence-electron chi connectivity index (χ2n) is 19.2. The third kappa shape index (κ3) is 4.34. The molecule has 0 saturated heterocycles. The minimum absolute atomic E-state index is 0.0498. The van der Waals surface area contributed by atoms with Crippen molar-refractivity contribution >= 4 is 29.7 Å². The molecule has 0 aromatic carbocycles. The molecule has 7 heteroatoms. The smallest absolute Gasteiger partial charge is 0.199 e. The van der Waals surface area contributed by atoms with E-state index in [0.29, 0.717) is 0 Å². The van der Waals surface area contributed by atoms with Crippen LogP contribution in [0, 0.1) is 21.7 Å². The van der Waals surface area contributed by atoms with E-state index in [-0.39, 0.29) is 22.7 Å². The highest BCUT2D eigenvalue weighted by atomic mass is 19.4. The van der Waals surface area contributed by atoms with Gasteiger partial charge in [0.15, 0.2) is 0 Å². The predicted octanol–water partition coefficient (Wildman–Crippen LogP) is 7.97. The zero-order chi connectivity index (χ0) is 34.7. The number of aromatic nitrogens is 2. The first-order valence-electron chi connectivity index (χ1n) is 17.4. The first kappa shape index (κ1) is 31.6. The standard InChI is InChI=1S/C41H49F3N4/c1-36(2,3)20-24-12-28-17-33-26(22-38(7,8)9)14-30-19-35-27(23-39(10,11)40(42,43)44)15-31-18-34-25(21-37(4,5)6)13-29-16-32(24)45(28)41(46(29)34,47(30)33)48(31)35/h12-19H,20-23H2,1-11H3/q+2. The van der Waals surface area contributed by atoms with Crippen molar-refractivity contribution in [3.8, 4) is 0 Å². The van der Waals surface area contributed by atoms with E-state index in [1.807, 2.05) is 6.08 Å². The third-order valence-corrected chi connectivity index (χ3v) is 10.5. The third-order valence-electron chi connectivity index (χ3n) is 10.5. The molecule has 48 heavy (non-hydrogen) atoms. The number of hydrogen-bond donors (Lipinski definition) is 0. The highest BCUT2D eigenvalue weighted by Crippen LogP contribution is 2.50. The molecular weight excluding hydrogens is 605 g/mol. The van der Waals surface area contributed by atoms with Crippen molar-refractivity contribution in [2.45, 2.75) is 114 Å². The van der Waals surface area contributed by atoms with Gasteiger partial charge in [-0.05, 0) is 71.3 Å². The van der Waals surface area contributed by atoms with E-state index >= 15 is 0 Å². The molecule has 0 aliphatic carbocycles. The van der Waals surface area contributed by atoms with Crippen LogP contribution in [-0.2, 0) is 18.8 Å². The second-order valence-corrected chi connectivity index (χ2v) is 19.2. The first-order chi connectivity index (χ1) is 22.0. The normalized spacial score (nSPS) is 22.2. The summed E-state index contributed by atoms with van der Waals surface area (Å²) in [5.41, 5.74) is 9.31. The van der Waals surface area contributed by atoms with Crippen molar-refractivity contribution < 1.29 is 22.3 Å². The monoisotopic (exact) mass is 654 g/mol. The highest BCUT2D eigenvalue weighted by molar-refractivity contribution is 6.20. The van der Waals surface area contributed by atoms with Gasteiger partial charge in [0.1, 0.15) is 0 Å². The van der Waals surface area contributed by atoms with E-state index in [0.717, 1.165) is 58.7 Å². The lowest BCUT2D eigenvalue weighted by Crippen LogP contribution is -2.69. The number of rotatable bonds is 5. The first-order valence-corrected chi connectivity index (χ1v) is 17.4. The molecule has 1 atom stereocenters. The van der Waals surface area contributed by atoms with Crippen LogP contribution in [-0.4, -0.2) is 35.9 Å². The SMILES string of the molecule is CC(C)(C)CC1=CC2=Cc3c(CC(C)(C)C)cc4n3C35n6c(cc(CC(C)(C)C)c6=C4)=CC4=[N+]3C(=CC1=[N+]25)C=C4CC(C)(C)C(F)(F)F. The molecule has 8 heterocycles. The summed E-state index contributed by atoms with van der Waals surface area (Å²) in [5.74, 6) is -0.874. The Hall–Kier alpha value is -3.61. The summed E-state index contributed by atoms with van der Waals surface area (Å²) >= 11 is 0. The van der Waals surface area contributed by atoms with Gasteiger partial charge in [0, 0.05) is 35.5 Å². The molecule has 252 valence electrons. The molecule has 2 aromatic heterocycles. The van der Waals surface area contributed by atoms with E-state index in [1.165, 1.54) is 41.6 Å². The van der Waals surface area contributed by atoms with Crippen molar-refractivity contribution in [3.05, 3.63) is 86.1 Å². The van der Waals surface area contributed by atoms with Gasteiger partial charge in [0.25, 0.3) is 0 Å². The highest BCUT2D eigenvalue weighted by Gasteiger charge is 2.71. The molecular formula is C41H49F3N4+2. The van der Waals surface area contributed by atoms with Crippen LogP contribution in [0.25, 0.3) is 18.2 Å². The van der Waals surface area contributed by atoms with Crippen molar-refractivity contribution in [3.63, 3.8) is 0 Å². The minimum atomic E-state index is -4.33. The fraction of sp³-hybridized carbons (Fsp3) is 0.512. The summed E-state index contributed by atoms with van der Waals surface area (Å²) in [4.78, 5) is 0. The molecule has 8 rings (SSSR count). The fourth-order valence-electron chi connectivity index (χ4n) is 8.81. The van der Waals surface area contributed by atoms with Crippen molar-refractivity contribution in [1.82, 2.24) is 9.13 Å². The quantitative estimate of drug-likeness (QED) is 0.291. The van der Waals surface area contributed by atoms with E-state index in [2.05, 4.69) is 123 Å². The van der Waals surface area contributed by atoms with E-state index < -0.39 is 17.5 Å². The van der Waals surface area contributed by atoms with Gasteiger partial charge in [-0.3, -0.25) is 0 Å². The summed E-state index contributed by atoms with van der Waals surface area (Å²) in [6.45, 7) is 23.2. The van der Waals surface area contributed by atoms with Crippen LogP contribution < -0.4 is 10.7 Å². The lowest BCUT2D eigenvalue weighted by atomic mass is 9.83. The minimum Gasteiger partial charge on any atom is -0.199 e. The molecule has 6 aliphatic rings. The Balaban J connectivity index is 1.51. The number of halogens is 3. The summed E-state index contributed by atoms with van der Waals surface area (Å²) in [6.07, 6.45) is 11.8. The molecule has 0 amide bonds. The van der Waals surface area contributed by atoms with Crippen molar-refractivity contribution in [2.75, 3.05) is 0 Å². The number of alkyl halides is 3. The average Bonchev–Trinajstić information content (AvgIpc) is 3.61. The van der Waals surface area contributed by atoms with Gasteiger partial charge < -0.3 is 0 Å². The molecule has 0 saturated carbocycles. The van der Waals surface area contributed by atoms with E-state index in [4.69, 9.17) is 0 Å². The summed E-state index contributed by atoms with van der Waals surface area (Å²) in [6, 6.07) is 4.68. The molecule has 2 aromatic rings. The molecule has 1 spiro atoms. The van der Waals surface area contributed by atoms with Crippen molar-refractivity contribution in [1.29, 1.82) is 0 Å². The summed E-state index contributed by atoms with van der Waals surface area (Å²) < 4.78 is 53.2. The Morgan fingerprint density at radius 1 is 0.583 bits per heavy atom. The molecule has 0 fully saturated rings. The Labute approximate surface area is 282 Å². The van der Waals surface area contributed by atoms with Gasteiger partial charge in [-0.25, -0.2) is 0 Å². The topological polar surface area (TPSA) is 15.9 Å². The van der Waals surface area contributed by atoms with Gasteiger partial charge in [-0.1, -0.05) is 85.3 Å². The van der Waals surface area contributed by atoms with Crippen LogP contribution in [0.4, 0.5) is 13.2 Å². The van der Waals surface area contributed by atoms with E-state index in [1.54, 1.807) is 0 Å².